The molecule has 1 aromatic carbocycles. The Kier molecular flexibility index (Phi) is 5.83. The molecule has 0 radical (unpaired) electrons. The van der Waals surface area contributed by atoms with Crippen LogP contribution in [0.15, 0.2) is 18.2 Å². The molecule has 5 nitrogen and oxygen atoms in total. The predicted octanol–water partition coefficient (Wildman–Crippen LogP) is 2.67. The van der Waals surface area contributed by atoms with Crippen LogP contribution in [0.2, 0.25) is 5.02 Å². The molecular weight excluding hydrogens is 302 g/mol. The first-order chi connectivity index (χ1) is 9.29. The van der Waals surface area contributed by atoms with Gasteiger partial charge in [-0.25, -0.2) is 8.42 Å². The monoisotopic (exact) mass is 319 g/mol. The SMILES string of the molecule is CCS(=O)(=O)N(CCCC(=O)O)c1cccc(Cl)c1C. The van der Waals surface area contributed by atoms with E-state index in [-0.39, 0.29) is 25.1 Å². The number of aliphatic carboxylic acids is 1. The lowest BCUT2D eigenvalue weighted by Gasteiger charge is -2.25. The minimum absolute atomic E-state index is 0.0496. The minimum Gasteiger partial charge on any atom is -0.481 e. The van der Waals surface area contributed by atoms with Crippen LogP contribution in [-0.2, 0) is 14.8 Å². The van der Waals surface area contributed by atoms with Gasteiger partial charge >= 0.3 is 5.97 Å². The van der Waals surface area contributed by atoms with Gasteiger partial charge in [0.1, 0.15) is 0 Å². The highest BCUT2D eigenvalue weighted by atomic mass is 35.5. The Labute approximate surface area is 124 Å². The van der Waals surface area contributed by atoms with Crippen molar-refractivity contribution in [1.29, 1.82) is 0 Å². The quantitative estimate of drug-likeness (QED) is 0.838. The van der Waals surface area contributed by atoms with Crippen LogP contribution in [-0.4, -0.2) is 31.8 Å². The summed E-state index contributed by atoms with van der Waals surface area (Å²) >= 11 is 6.02. The van der Waals surface area contributed by atoms with Crippen LogP contribution in [0.3, 0.4) is 0 Å². The molecule has 0 heterocycles. The maximum Gasteiger partial charge on any atom is 0.303 e. The van der Waals surface area contributed by atoms with Gasteiger partial charge in [0.2, 0.25) is 10.0 Å². The lowest BCUT2D eigenvalue weighted by Crippen LogP contribution is -2.34. The number of nitrogens with zero attached hydrogens (tertiary/aromatic N) is 1. The molecule has 7 heteroatoms. The molecule has 0 atom stereocenters. The second kappa shape index (κ2) is 6.95. The van der Waals surface area contributed by atoms with Gasteiger partial charge in [0.05, 0.1) is 11.4 Å². The summed E-state index contributed by atoms with van der Waals surface area (Å²) in [6.45, 7) is 3.43. The van der Waals surface area contributed by atoms with Gasteiger partial charge in [-0.15, -0.1) is 0 Å². The van der Waals surface area contributed by atoms with E-state index in [4.69, 9.17) is 16.7 Å². The first-order valence-electron chi connectivity index (χ1n) is 6.27. The number of hydrogen-bond donors (Lipinski definition) is 1. The van der Waals surface area contributed by atoms with E-state index >= 15 is 0 Å². The Bertz CT molecular complexity index is 586. The number of rotatable bonds is 7. The number of carboxylic acids is 1. The van der Waals surface area contributed by atoms with Crippen molar-refractivity contribution in [3.05, 3.63) is 28.8 Å². The molecule has 1 aromatic rings. The number of carboxylic acid groups (broad SMARTS) is 1. The molecule has 0 aliphatic rings. The van der Waals surface area contributed by atoms with Crippen molar-refractivity contribution >= 4 is 33.3 Å². The molecule has 0 amide bonds. The summed E-state index contributed by atoms with van der Waals surface area (Å²) in [6.07, 6.45) is 0.176. The van der Waals surface area contributed by atoms with Crippen LogP contribution in [0.1, 0.15) is 25.3 Å². The van der Waals surface area contributed by atoms with Gasteiger partial charge in [0, 0.05) is 18.0 Å². The third-order valence-corrected chi connectivity index (χ3v) is 5.15. The van der Waals surface area contributed by atoms with Gasteiger partial charge in [-0.3, -0.25) is 9.10 Å². The molecule has 0 unspecified atom stereocenters. The molecule has 1 N–H and O–H groups in total. The van der Waals surface area contributed by atoms with E-state index < -0.39 is 16.0 Å². The van der Waals surface area contributed by atoms with E-state index in [0.29, 0.717) is 16.3 Å². The second-order valence-corrected chi connectivity index (χ2v) is 6.94. The Hall–Kier alpha value is -1.27. The molecule has 0 aromatic heterocycles. The van der Waals surface area contributed by atoms with Crippen molar-refractivity contribution in [3.8, 4) is 0 Å². The summed E-state index contributed by atoms with van der Waals surface area (Å²) in [6, 6.07) is 5.05. The number of carbonyl (C=O) groups is 1. The Morgan fingerprint density at radius 2 is 2.05 bits per heavy atom. The number of halogens is 1. The number of anilines is 1. The number of benzene rings is 1. The van der Waals surface area contributed by atoms with Crippen LogP contribution >= 0.6 is 11.6 Å². The predicted molar refractivity (Wildman–Crippen MR) is 79.9 cm³/mol. The molecule has 0 aliphatic carbocycles. The molecular formula is C13H18ClNO4S. The summed E-state index contributed by atoms with van der Waals surface area (Å²) in [7, 11) is -3.47. The van der Waals surface area contributed by atoms with Crippen LogP contribution in [0, 0.1) is 6.92 Å². The van der Waals surface area contributed by atoms with Crippen molar-refractivity contribution in [2.24, 2.45) is 0 Å². The first-order valence-corrected chi connectivity index (χ1v) is 8.25. The number of sulfonamides is 1. The highest BCUT2D eigenvalue weighted by molar-refractivity contribution is 7.92. The van der Waals surface area contributed by atoms with Crippen LogP contribution in [0.25, 0.3) is 0 Å². The van der Waals surface area contributed by atoms with Crippen molar-refractivity contribution < 1.29 is 18.3 Å². The Morgan fingerprint density at radius 3 is 2.60 bits per heavy atom. The topological polar surface area (TPSA) is 74.7 Å². The summed E-state index contributed by atoms with van der Waals surface area (Å²) in [4.78, 5) is 10.6. The zero-order valence-electron chi connectivity index (χ0n) is 11.5. The average molecular weight is 320 g/mol. The van der Waals surface area contributed by atoms with Gasteiger partial charge in [0.15, 0.2) is 0 Å². The standard InChI is InChI=1S/C13H18ClNO4S/c1-3-20(18,19)15(9-5-8-13(16)17)12-7-4-6-11(14)10(12)2/h4,6-7H,3,5,8-9H2,1-2H3,(H,16,17). The lowest BCUT2D eigenvalue weighted by atomic mass is 10.2. The normalized spacial score (nSPS) is 11.3. The zero-order chi connectivity index (χ0) is 15.3. The molecule has 0 aliphatic heterocycles. The van der Waals surface area contributed by atoms with E-state index in [9.17, 15) is 13.2 Å². The summed E-state index contributed by atoms with van der Waals surface area (Å²) in [5, 5.41) is 9.15. The average Bonchev–Trinajstić information content (AvgIpc) is 2.38. The molecule has 1 rings (SSSR count). The van der Waals surface area contributed by atoms with Crippen LogP contribution in [0.4, 0.5) is 5.69 Å². The third-order valence-electron chi connectivity index (χ3n) is 2.96. The molecule has 0 saturated carbocycles. The Morgan fingerprint density at radius 1 is 1.40 bits per heavy atom. The van der Waals surface area contributed by atoms with Gasteiger partial charge < -0.3 is 5.11 Å². The van der Waals surface area contributed by atoms with Crippen LogP contribution < -0.4 is 4.31 Å². The molecule has 0 saturated heterocycles. The maximum absolute atomic E-state index is 12.2. The smallest absolute Gasteiger partial charge is 0.303 e. The van der Waals surface area contributed by atoms with Gasteiger partial charge in [-0.2, -0.15) is 0 Å². The zero-order valence-corrected chi connectivity index (χ0v) is 13.0. The first kappa shape index (κ1) is 16.8. The Balaban J connectivity index is 3.11. The minimum atomic E-state index is -3.47. The van der Waals surface area contributed by atoms with Crippen molar-refractivity contribution in [1.82, 2.24) is 0 Å². The van der Waals surface area contributed by atoms with Crippen molar-refractivity contribution in [2.75, 3.05) is 16.6 Å². The van der Waals surface area contributed by atoms with E-state index in [1.165, 1.54) is 4.31 Å². The lowest BCUT2D eigenvalue weighted by molar-refractivity contribution is -0.137. The van der Waals surface area contributed by atoms with Crippen molar-refractivity contribution in [3.63, 3.8) is 0 Å². The largest absolute Gasteiger partial charge is 0.481 e. The molecule has 0 spiro atoms. The van der Waals surface area contributed by atoms with E-state index in [2.05, 4.69) is 0 Å². The summed E-state index contributed by atoms with van der Waals surface area (Å²) < 4.78 is 25.6. The maximum atomic E-state index is 12.2. The van der Waals surface area contributed by atoms with E-state index in [1.54, 1.807) is 32.0 Å². The molecule has 0 fully saturated rings. The molecule has 20 heavy (non-hydrogen) atoms. The van der Waals surface area contributed by atoms with Crippen molar-refractivity contribution in [2.45, 2.75) is 26.7 Å². The summed E-state index contributed by atoms with van der Waals surface area (Å²) in [5.74, 6) is -0.992. The fraction of sp³-hybridized carbons (Fsp3) is 0.462. The van der Waals surface area contributed by atoms with E-state index in [1.807, 2.05) is 0 Å². The highest BCUT2D eigenvalue weighted by Gasteiger charge is 2.22. The van der Waals surface area contributed by atoms with E-state index in [0.717, 1.165) is 0 Å². The fourth-order valence-corrected chi connectivity index (χ4v) is 3.19. The fourth-order valence-electron chi connectivity index (χ4n) is 1.81. The second-order valence-electron chi connectivity index (χ2n) is 4.35. The third kappa shape index (κ3) is 4.11. The molecule has 0 bridgehead atoms. The summed E-state index contributed by atoms with van der Waals surface area (Å²) in [5.41, 5.74) is 1.17. The van der Waals surface area contributed by atoms with Gasteiger partial charge in [-0.05, 0) is 38.0 Å². The van der Waals surface area contributed by atoms with Gasteiger partial charge in [-0.1, -0.05) is 17.7 Å². The highest BCUT2D eigenvalue weighted by Crippen LogP contribution is 2.28. The number of hydrogen-bond acceptors (Lipinski definition) is 3. The molecule has 112 valence electrons. The van der Waals surface area contributed by atoms with Gasteiger partial charge in [0.25, 0.3) is 0 Å². The van der Waals surface area contributed by atoms with Crippen LogP contribution in [0.5, 0.6) is 0 Å².